The van der Waals surface area contributed by atoms with E-state index in [2.05, 4.69) is 6.07 Å². The molecule has 0 atom stereocenters. The van der Waals surface area contributed by atoms with E-state index >= 15 is 0 Å². The third-order valence-corrected chi connectivity index (χ3v) is 3.33. The van der Waals surface area contributed by atoms with Gasteiger partial charge in [0.25, 0.3) is 0 Å². The first-order valence-corrected chi connectivity index (χ1v) is 6.89. The van der Waals surface area contributed by atoms with Crippen molar-refractivity contribution in [2.24, 2.45) is 0 Å². The zero-order valence-electron chi connectivity index (χ0n) is 12.2. The van der Waals surface area contributed by atoms with E-state index in [1.54, 1.807) is 19.1 Å². The van der Waals surface area contributed by atoms with Gasteiger partial charge in [-0.1, -0.05) is 19.1 Å². The Morgan fingerprint density at radius 2 is 1.90 bits per heavy atom. The smallest absolute Gasteiger partial charge is 0.160 e. The molecule has 0 fully saturated rings. The van der Waals surface area contributed by atoms with Crippen LogP contribution in [0.4, 0.5) is 0 Å². The summed E-state index contributed by atoms with van der Waals surface area (Å²) in [6.45, 7) is 4.03. The number of nitriles is 1. The maximum Gasteiger partial charge on any atom is 0.160 e. The van der Waals surface area contributed by atoms with Gasteiger partial charge in [-0.25, -0.2) is 0 Å². The van der Waals surface area contributed by atoms with Gasteiger partial charge >= 0.3 is 0 Å². The number of rotatable bonds is 5. The van der Waals surface area contributed by atoms with Crippen LogP contribution >= 0.6 is 0 Å². The lowest BCUT2D eigenvalue weighted by molar-refractivity contribution is 0.101. The van der Waals surface area contributed by atoms with E-state index in [0.717, 1.165) is 28.9 Å². The SMILES string of the molecule is CCc1cc(OCc2ccc(C#N)cc2)ccc1C(C)=O. The number of Topliss-reactive ketones (excluding diaryl/α,β-unsaturated/α-hetero) is 1. The summed E-state index contributed by atoms with van der Waals surface area (Å²) < 4.78 is 5.75. The molecule has 3 heteroatoms. The summed E-state index contributed by atoms with van der Waals surface area (Å²) in [5.41, 5.74) is 3.39. The highest BCUT2D eigenvalue weighted by Gasteiger charge is 2.07. The van der Waals surface area contributed by atoms with Crippen molar-refractivity contribution in [2.75, 3.05) is 0 Å². The van der Waals surface area contributed by atoms with Crippen LogP contribution in [0, 0.1) is 11.3 Å². The maximum atomic E-state index is 11.5. The summed E-state index contributed by atoms with van der Waals surface area (Å²) >= 11 is 0. The number of carbonyl (C=O) groups is 1. The zero-order chi connectivity index (χ0) is 15.2. The van der Waals surface area contributed by atoms with Crippen molar-refractivity contribution in [3.05, 3.63) is 64.7 Å². The number of nitrogens with zero attached hydrogens (tertiary/aromatic N) is 1. The summed E-state index contributed by atoms with van der Waals surface area (Å²) in [6, 6.07) is 14.9. The first kappa shape index (κ1) is 14.8. The van der Waals surface area contributed by atoms with Crippen molar-refractivity contribution in [1.29, 1.82) is 5.26 Å². The number of carbonyl (C=O) groups excluding carboxylic acids is 1. The van der Waals surface area contributed by atoms with Gasteiger partial charge in [-0.05, 0) is 54.8 Å². The molecular weight excluding hydrogens is 262 g/mol. The fourth-order valence-electron chi connectivity index (χ4n) is 2.14. The molecule has 0 saturated heterocycles. The normalized spacial score (nSPS) is 9.95. The molecule has 0 aliphatic carbocycles. The Hall–Kier alpha value is -2.60. The Morgan fingerprint density at radius 1 is 1.19 bits per heavy atom. The van der Waals surface area contributed by atoms with E-state index in [1.807, 2.05) is 37.3 Å². The lowest BCUT2D eigenvalue weighted by atomic mass is 10.0. The number of hydrogen-bond acceptors (Lipinski definition) is 3. The van der Waals surface area contributed by atoms with Crippen LogP contribution in [0.25, 0.3) is 0 Å². The monoisotopic (exact) mass is 279 g/mol. The second-order valence-corrected chi connectivity index (χ2v) is 4.83. The summed E-state index contributed by atoms with van der Waals surface area (Å²) in [7, 11) is 0. The minimum absolute atomic E-state index is 0.0745. The molecule has 0 unspecified atom stereocenters. The number of hydrogen-bond donors (Lipinski definition) is 0. The lowest BCUT2D eigenvalue weighted by Gasteiger charge is -2.10. The van der Waals surface area contributed by atoms with Crippen LogP contribution in [0.1, 0.15) is 40.9 Å². The first-order chi connectivity index (χ1) is 10.1. The molecule has 0 aliphatic heterocycles. The molecule has 21 heavy (non-hydrogen) atoms. The van der Waals surface area contributed by atoms with E-state index in [9.17, 15) is 4.79 Å². The van der Waals surface area contributed by atoms with Crippen molar-refractivity contribution in [1.82, 2.24) is 0 Å². The van der Waals surface area contributed by atoms with Crippen LogP contribution in [0.5, 0.6) is 5.75 Å². The van der Waals surface area contributed by atoms with Crippen LogP contribution < -0.4 is 4.74 Å². The van der Waals surface area contributed by atoms with E-state index in [1.165, 1.54) is 0 Å². The van der Waals surface area contributed by atoms with E-state index < -0.39 is 0 Å². The van der Waals surface area contributed by atoms with Gasteiger partial charge in [0.2, 0.25) is 0 Å². The molecule has 0 spiro atoms. The van der Waals surface area contributed by atoms with E-state index in [4.69, 9.17) is 10.00 Å². The molecule has 0 heterocycles. The van der Waals surface area contributed by atoms with Crippen molar-refractivity contribution < 1.29 is 9.53 Å². The predicted molar refractivity (Wildman–Crippen MR) is 81.3 cm³/mol. The summed E-state index contributed by atoms with van der Waals surface area (Å²) in [6.07, 6.45) is 0.795. The Bertz CT molecular complexity index is 681. The van der Waals surface area contributed by atoms with E-state index in [-0.39, 0.29) is 5.78 Å². The molecule has 2 rings (SSSR count). The fraction of sp³-hybridized carbons (Fsp3) is 0.222. The van der Waals surface area contributed by atoms with Gasteiger partial charge in [0.05, 0.1) is 11.6 Å². The van der Waals surface area contributed by atoms with Crippen molar-refractivity contribution in [3.8, 4) is 11.8 Å². The standard InChI is InChI=1S/C18H17NO2/c1-3-16-10-17(8-9-18(16)13(2)20)21-12-15-6-4-14(11-19)5-7-15/h4-10H,3,12H2,1-2H3. The van der Waals surface area contributed by atoms with Gasteiger partial charge in [-0.3, -0.25) is 4.79 Å². The molecule has 0 saturated carbocycles. The number of ether oxygens (including phenoxy) is 1. The third kappa shape index (κ3) is 3.70. The molecule has 2 aromatic rings. The third-order valence-electron chi connectivity index (χ3n) is 3.33. The van der Waals surface area contributed by atoms with Gasteiger partial charge < -0.3 is 4.74 Å². The highest BCUT2D eigenvalue weighted by atomic mass is 16.5. The Labute approximate surface area is 124 Å². The quantitative estimate of drug-likeness (QED) is 0.780. The highest BCUT2D eigenvalue weighted by molar-refractivity contribution is 5.95. The van der Waals surface area contributed by atoms with Gasteiger partial charge in [0, 0.05) is 5.56 Å². The van der Waals surface area contributed by atoms with Crippen molar-refractivity contribution in [3.63, 3.8) is 0 Å². The minimum atomic E-state index is 0.0745. The van der Waals surface area contributed by atoms with Gasteiger partial charge in [0.15, 0.2) is 5.78 Å². The van der Waals surface area contributed by atoms with Crippen LogP contribution in [0.15, 0.2) is 42.5 Å². The van der Waals surface area contributed by atoms with Gasteiger partial charge in [-0.2, -0.15) is 5.26 Å². The average Bonchev–Trinajstić information content (AvgIpc) is 2.52. The van der Waals surface area contributed by atoms with E-state index in [0.29, 0.717) is 12.2 Å². The largest absolute Gasteiger partial charge is 0.489 e. The second-order valence-electron chi connectivity index (χ2n) is 4.83. The molecule has 0 bridgehead atoms. The fourth-order valence-corrected chi connectivity index (χ4v) is 2.14. The van der Waals surface area contributed by atoms with Crippen LogP contribution in [0.2, 0.25) is 0 Å². The van der Waals surface area contributed by atoms with Crippen LogP contribution in [-0.4, -0.2) is 5.78 Å². The molecule has 0 aromatic heterocycles. The Balaban J connectivity index is 2.09. The predicted octanol–water partition coefficient (Wildman–Crippen LogP) is 3.90. The topological polar surface area (TPSA) is 50.1 Å². The number of ketones is 1. The molecule has 3 nitrogen and oxygen atoms in total. The lowest BCUT2D eigenvalue weighted by Crippen LogP contribution is -2.01. The molecule has 0 radical (unpaired) electrons. The van der Waals surface area contributed by atoms with Crippen molar-refractivity contribution >= 4 is 5.78 Å². The highest BCUT2D eigenvalue weighted by Crippen LogP contribution is 2.20. The Kier molecular flexibility index (Phi) is 4.73. The van der Waals surface area contributed by atoms with Gasteiger partial charge in [0.1, 0.15) is 12.4 Å². The number of aryl methyl sites for hydroxylation is 1. The molecule has 2 aromatic carbocycles. The Morgan fingerprint density at radius 3 is 2.48 bits per heavy atom. The summed E-state index contributed by atoms with van der Waals surface area (Å²) in [5, 5.41) is 8.76. The molecular formula is C18H17NO2. The van der Waals surface area contributed by atoms with Crippen LogP contribution in [-0.2, 0) is 13.0 Å². The van der Waals surface area contributed by atoms with Gasteiger partial charge in [-0.15, -0.1) is 0 Å². The molecule has 0 aliphatic rings. The van der Waals surface area contributed by atoms with Crippen LogP contribution in [0.3, 0.4) is 0 Å². The average molecular weight is 279 g/mol. The molecule has 0 N–H and O–H groups in total. The maximum absolute atomic E-state index is 11.5. The number of benzene rings is 2. The van der Waals surface area contributed by atoms with Crippen molar-refractivity contribution in [2.45, 2.75) is 26.9 Å². The second kappa shape index (κ2) is 6.71. The zero-order valence-corrected chi connectivity index (χ0v) is 12.2. The summed E-state index contributed by atoms with van der Waals surface area (Å²) in [5.74, 6) is 0.826. The summed E-state index contributed by atoms with van der Waals surface area (Å²) in [4.78, 5) is 11.5. The molecule has 0 amide bonds. The minimum Gasteiger partial charge on any atom is -0.489 e. The molecule has 106 valence electrons. The first-order valence-electron chi connectivity index (χ1n) is 6.89.